The third-order valence-electron chi connectivity index (χ3n) is 2.89. The number of hydrogen-bond acceptors (Lipinski definition) is 5. The van der Waals surface area contributed by atoms with Gasteiger partial charge in [0.25, 0.3) is 0 Å². The van der Waals surface area contributed by atoms with Crippen LogP contribution in [0.4, 0.5) is 5.82 Å². The Morgan fingerprint density at radius 1 is 1.20 bits per heavy atom. The molecule has 1 aromatic carbocycles. The molecule has 20 heavy (non-hydrogen) atoms. The molecular weight excluding hydrogens is 270 g/mol. The largest absolute Gasteiger partial charge is 0.373 e. The number of anilines is 1. The van der Waals surface area contributed by atoms with Gasteiger partial charge >= 0.3 is 0 Å². The highest BCUT2D eigenvalue weighted by Crippen LogP contribution is 2.27. The predicted molar refractivity (Wildman–Crippen MR) is 81.2 cm³/mol. The van der Waals surface area contributed by atoms with Crippen LogP contribution >= 0.6 is 11.8 Å². The van der Waals surface area contributed by atoms with Gasteiger partial charge in [-0.05, 0) is 23.9 Å². The summed E-state index contributed by atoms with van der Waals surface area (Å²) in [4.78, 5) is 16.7. The zero-order chi connectivity index (χ0) is 13.9. The van der Waals surface area contributed by atoms with E-state index < -0.39 is 0 Å². The van der Waals surface area contributed by atoms with Gasteiger partial charge < -0.3 is 10.3 Å². The van der Waals surface area contributed by atoms with E-state index in [4.69, 9.17) is 0 Å². The molecule has 6 heteroatoms. The highest BCUT2D eigenvalue weighted by molar-refractivity contribution is 7.99. The molecule has 102 valence electrons. The van der Waals surface area contributed by atoms with Gasteiger partial charge in [0.1, 0.15) is 16.7 Å². The number of para-hydroxylation sites is 2. The molecule has 5 nitrogen and oxygen atoms in total. The van der Waals surface area contributed by atoms with Crippen LogP contribution in [0.3, 0.4) is 0 Å². The maximum Gasteiger partial charge on any atom is 0.172 e. The first-order valence-corrected chi connectivity index (χ1v) is 7.28. The lowest BCUT2D eigenvalue weighted by atomic mass is 10.3. The molecule has 0 saturated heterocycles. The topological polar surface area (TPSA) is 66.5 Å². The van der Waals surface area contributed by atoms with Crippen molar-refractivity contribution in [3.8, 4) is 0 Å². The number of nitrogens with zero attached hydrogens (tertiary/aromatic N) is 3. The van der Waals surface area contributed by atoms with Gasteiger partial charge in [0.15, 0.2) is 5.16 Å². The number of aromatic nitrogens is 4. The zero-order valence-corrected chi connectivity index (χ0v) is 12.2. The van der Waals surface area contributed by atoms with Crippen molar-refractivity contribution in [3.63, 3.8) is 0 Å². The lowest BCUT2D eigenvalue weighted by Gasteiger charge is -2.04. The summed E-state index contributed by atoms with van der Waals surface area (Å²) < 4.78 is 0. The summed E-state index contributed by atoms with van der Waals surface area (Å²) in [6.07, 6.45) is 0.809. The summed E-state index contributed by atoms with van der Waals surface area (Å²) in [7, 11) is 1.86. The molecule has 3 aromatic rings. The van der Waals surface area contributed by atoms with Crippen LogP contribution in [0.25, 0.3) is 11.0 Å². The molecule has 3 rings (SSSR count). The minimum absolute atomic E-state index is 0.809. The van der Waals surface area contributed by atoms with E-state index in [2.05, 4.69) is 25.3 Å². The molecule has 2 N–H and O–H groups in total. The average molecular weight is 285 g/mol. The van der Waals surface area contributed by atoms with Crippen LogP contribution in [-0.2, 0) is 6.42 Å². The van der Waals surface area contributed by atoms with Crippen LogP contribution in [0.5, 0.6) is 0 Å². The van der Waals surface area contributed by atoms with Crippen LogP contribution in [0.15, 0.2) is 40.5 Å². The van der Waals surface area contributed by atoms with Crippen molar-refractivity contribution < 1.29 is 0 Å². The van der Waals surface area contributed by atoms with Crippen molar-refractivity contribution in [1.82, 2.24) is 19.9 Å². The van der Waals surface area contributed by atoms with Gasteiger partial charge in [-0.25, -0.2) is 15.0 Å². The normalized spacial score (nSPS) is 10.9. The fraction of sp³-hybridized carbons (Fsp3) is 0.214. The van der Waals surface area contributed by atoms with Crippen molar-refractivity contribution in [2.45, 2.75) is 23.5 Å². The van der Waals surface area contributed by atoms with Crippen molar-refractivity contribution in [1.29, 1.82) is 0 Å². The van der Waals surface area contributed by atoms with Crippen LogP contribution in [0.1, 0.15) is 12.7 Å². The number of hydrogen-bond donors (Lipinski definition) is 2. The second-order valence-corrected chi connectivity index (χ2v) is 5.28. The average Bonchev–Trinajstić information content (AvgIpc) is 2.88. The SMILES string of the molecule is CCc1nc(NC)cc(Sc2nc3ccccc3[nH]2)n1. The van der Waals surface area contributed by atoms with Crippen molar-refractivity contribution >= 4 is 28.6 Å². The lowest BCUT2D eigenvalue weighted by Crippen LogP contribution is -2.00. The summed E-state index contributed by atoms with van der Waals surface area (Å²) >= 11 is 1.51. The van der Waals surface area contributed by atoms with E-state index in [0.717, 1.165) is 39.3 Å². The molecule has 2 heterocycles. The minimum atomic E-state index is 0.809. The number of fused-ring (bicyclic) bond motifs is 1. The van der Waals surface area contributed by atoms with E-state index >= 15 is 0 Å². The molecular formula is C14H15N5S. The Morgan fingerprint density at radius 3 is 2.80 bits per heavy atom. The van der Waals surface area contributed by atoms with E-state index in [-0.39, 0.29) is 0 Å². The van der Waals surface area contributed by atoms with E-state index in [0.29, 0.717) is 0 Å². The van der Waals surface area contributed by atoms with Gasteiger partial charge in [0.05, 0.1) is 11.0 Å². The number of aryl methyl sites for hydroxylation is 1. The number of aromatic amines is 1. The Morgan fingerprint density at radius 2 is 2.05 bits per heavy atom. The molecule has 0 aliphatic heterocycles. The quantitative estimate of drug-likeness (QED) is 0.721. The van der Waals surface area contributed by atoms with Gasteiger partial charge in [0, 0.05) is 19.5 Å². The van der Waals surface area contributed by atoms with Crippen LogP contribution < -0.4 is 5.32 Å². The molecule has 0 saturated carbocycles. The van der Waals surface area contributed by atoms with Crippen molar-refractivity contribution in [2.75, 3.05) is 12.4 Å². The second kappa shape index (κ2) is 5.50. The Kier molecular flexibility index (Phi) is 3.56. The summed E-state index contributed by atoms with van der Waals surface area (Å²) in [6, 6.07) is 9.91. The van der Waals surface area contributed by atoms with E-state index in [1.54, 1.807) is 0 Å². The van der Waals surface area contributed by atoms with Gasteiger partial charge in [-0.3, -0.25) is 0 Å². The molecule has 0 aliphatic rings. The van der Waals surface area contributed by atoms with Crippen molar-refractivity contribution in [2.24, 2.45) is 0 Å². The highest BCUT2D eigenvalue weighted by Gasteiger charge is 2.08. The molecule has 0 fully saturated rings. The first-order valence-electron chi connectivity index (χ1n) is 6.47. The first kappa shape index (κ1) is 12.9. The maximum atomic E-state index is 4.55. The van der Waals surface area contributed by atoms with Gasteiger partial charge in [-0.2, -0.15) is 0 Å². The second-order valence-electron chi connectivity index (χ2n) is 4.27. The van der Waals surface area contributed by atoms with E-state index in [9.17, 15) is 0 Å². The monoisotopic (exact) mass is 285 g/mol. The molecule has 0 aliphatic carbocycles. The van der Waals surface area contributed by atoms with Gasteiger partial charge in [-0.15, -0.1) is 0 Å². The molecule has 2 aromatic heterocycles. The van der Waals surface area contributed by atoms with Crippen LogP contribution in [0.2, 0.25) is 0 Å². The Hall–Kier alpha value is -2.08. The van der Waals surface area contributed by atoms with Crippen molar-refractivity contribution in [3.05, 3.63) is 36.2 Å². The fourth-order valence-corrected chi connectivity index (χ4v) is 2.71. The number of nitrogens with one attached hydrogen (secondary N) is 2. The molecule has 0 amide bonds. The summed E-state index contributed by atoms with van der Waals surface area (Å²) in [5.41, 5.74) is 2.00. The Bertz CT molecular complexity index is 682. The lowest BCUT2D eigenvalue weighted by molar-refractivity contribution is 0.888. The maximum absolute atomic E-state index is 4.55. The number of benzene rings is 1. The zero-order valence-electron chi connectivity index (χ0n) is 11.3. The number of H-pyrrole nitrogens is 1. The number of rotatable bonds is 4. The molecule has 0 radical (unpaired) electrons. The molecule has 0 atom stereocenters. The molecule has 0 bridgehead atoms. The molecule has 0 spiro atoms. The number of imidazole rings is 1. The third-order valence-corrected chi connectivity index (χ3v) is 3.70. The summed E-state index contributed by atoms with van der Waals surface area (Å²) in [6.45, 7) is 2.05. The smallest absolute Gasteiger partial charge is 0.172 e. The minimum Gasteiger partial charge on any atom is -0.373 e. The van der Waals surface area contributed by atoms with Gasteiger partial charge in [0.2, 0.25) is 0 Å². The predicted octanol–water partition coefficient (Wildman–Crippen LogP) is 3.11. The van der Waals surface area contributed by atoms with Gasteiger partial charge in [-0.1, -0.05) is 19.1 Å². The highest BCUT2D eigenvalue weighted by atomic mass is 32.2. The third kappa shape index (κ3) is 2.60. The summed E-state index contributed by atoms with van der Waals surface area (Å²) in [5, 5.41) is 4.79. The molecule has 0 unspecified atom stereocenters. The Labute approximate surface area is 121 Å². The summed E-state index contributed by atoms with van der Waals surface area (Å²) in [5.74, 6) is 1.66. The fourth-order valence-electron chi connectivity index (χ4n) is 1.89. The van der Waals surface area contributed by atoms with E-state index in [1.807, 2.05) is 44.3 Å². The van der Waals surface area contributed by atoms with Crippen LogP contribution in [-0.4, -0.2) is 27.0 Å². The first-order chi connectivity index (χ1) is 9.78. The Balaban J connectivity index is 1.93. The van der Waals surface area contributed by atoms with Crippen LogP contribution in [0, 0.1) is 0 Å². The standard InChI is InChI=1S/C14H15N5S/c1-3-11-18-12(15-2)8-13(19-11)20-14-16-9-6-4-5-7-10(9)17-14/h4-8H,3H2,1-2H3,(H,16,17)(H,15,18,19). The van der Waals surface area contributed by atoms with E-state index in [1.165, 1.54) is 11.8 Å².